The summed E-state index contributed by atoms with van der Waals surface area (Å²) in [5.41, 5.74) is 2.32. The number of amides is 2. The molecular weight excluding hydrogens is 511 g/mol. The van der Waals surface area contributed by atoms with Crippen LogP contribution in [0.5, 0.6) is 5.75 Å². The molecule has 3 aromatic carbocycles. The van der Waals surface area contributed by atoms with Crippen LogP contribution in [-0.4, -0.2) is 54.4 Å². The molecule has 2 saturated heterocycles. The first-order valence-electron chi connectivity index (χ1n) is 12.7. The molecule has 2 bridgehead atoms. The van der Waals surface area contributed by atoms with Crippen LogP contribution in [0.4, 0.5) is 24.5 Å². The van der Waals surface area contributed by atoms with Gasteiger partial charge in [0.15, 0.2) is 5.75 Å². The van der Waals surface area contributed by atoms with Crippen molar-refractivity contribution in [3.63, 3.8) is 0 Å². The lowest BCUT2D eigenvalue weighted by Gasteiger charge is -2.35. The Bertz CT molecular complexity index is 1320. The van der Waals surface area contributed by atoms with E-state index in [2.05, 4.69) is 15.4 Å². The molecule has 3 atom stereocenters. The number of alkyl halides is 3. The van der Waals surface area contributed by atoms with Gasteiger partial charge >= 0.3 is 6.36 Å². The predicted molar refractivity (Wildman–Crippen MR) is 141 cm³/mol. The van der Waals surface area contributed by atoms with Crippen molar-refractivity contribution in [2.75, 3.05) is 23.7 Å². The van der Waals surface area contributed by atoms with Crippen molar-refractivity contribution in [2.24, 2.45) is 0 Å². The number of carbonyl (C=O) groups excluding carboxylic acids is 2. The zero-order chi connectivity index (χ0) is 27.6. The average Bonchev–Trinajstić information content (AvgIpc) is 3.26. The third-order valence-electron chi connectivity index (χ3n) is 6.97. The fourth-order valence-electron chi connectivity index (χ4n) is 4.93. The molecule has 204 valence electrons. The molecule has 2 unspecified atom stereocenters. The van der Waals surface area contributed by atoms with Crippen LogP contribution in [-0.2, 0) is 9.53 Å². The molecular formula is C29H28F3N3O4. The second kappa shape index (κ2) is 11.1. The molecule has 2 aliphatic rings. The summed E-state index contributed by atoms with van der Waals surface area (Å²) in [6, 6.07) is 19.6. The standard InChI is InChI=1S/C29H28F3N3O4/c1-18(35-16-23-12-13-24(17-35)38-23)27(36)34-25-15-22(11-14-26(25)39-29(30,31)32)33-28(37)21-9-7-20(8-10-21)19-5-3-2-4-6-19/h2-11,14-15,18,23-24H,12-13,16-17H2,1H3,(H,33,37)(H,34,36)/t18-,23?,24?/m0/s1. The number of halogens is 3. The van der Waals surface area contributed by atoms with Crippen LogP contribution >= 0.6 is 0 Å². The van der Waals surface area contributed by atoms with Gasteiger partial charge in [-0.1, -0.05) is 42.5 Å². The molecule has 3 aromatic rings. The number of nitrogens with zero attached hydrogens (tertiary/aromatic N) is 1. The van der Waals surface area contributed by atoms with E-state index in [0.717, 1.165) is 30.0 Å². The number of fused-ring (bicyclic) bond motifs is 2. The highest BCUT2D eigenvalue weighted by atomic mass is 19.4. The number of hydrogen-bond donors (Lipinski definition) is 2. The minimum Gasteiger partial charge on any atom is -0.404 e. The molecule has 0 saturated carbocycles. The van der Waals surface area contributed by atoms with Gasteiger partial charge in [-0.05, 0) is 61.2 Å². The van der Waals surface area contributed by atoms with E-state index in [9.17, 15) is 22.8 Å². The van der Waals surface area contributed by atoms with Crippen molar-refractivity contribution in [3.05, 3.63) is 78.4 Å². The number of carbonyl (C=O) groups is 2. The predicted octanol–water partition coefficient (Wildman–Crippen LogP) is 5.69. The Morgan fingerprint density at radius 3 is 2.21 bits per heavy atom. The van der Waals surface area contributed by atoms with Gasteiger partial charge in [-0.3, -0.25) is 14.5 Å². The normalized spacial score (nSPS) is 19.8. The average molecular weight is 540 g/mol. The number of rotatable bonds is 7. The Hall–Kier alpha value is -3.89. The fraction of sp³-hybridized carbons (Fsp3) is 0.310. The van der Waals surface area contributed by atoms with Gasteiger partial charge in [0, 0.05) is 24.3 Å². The van der Waals surface area contributed by atoms with E-state index < -0.39 is 30.0 Å². The fourth-order valence-corrected chi connectivity index (χ4v) is 4.93. The molecule has 0 aliphatic carbocycles. The van der Waals surface area contributed by atoms with E-state index in [4.69, 9.17) is 4.74 Å². The summed E-state index contributed by atoms with van der Waals surface area (Å²) in [6.45, 7) is 2.86. The Morgan fingerprint density at radius 1 is 0.923 bits per heavy atom. The molecule has 5 rings (SSSR count). The van der Waals surface area contributed by atoms with Crippen molar-refractivity contribution < 1.29 is 32.2 Å². The van der Waals surface area contributed by atoms with Crippen molar-refractivity contribution in [3.8, 4) is 16.9 Å². The van der Waals surface area contributed by atoms with E-state index in [0.29, 0.717) is 18.7 Å². The Kier molecular flexibility index (Phi) is 7.58. The Balaban J connectivity index is 1.31. The van der Waals surface area contributed by atoms with E-state index in [1.165, 1.54) is 12.1 Å². The zero-order valence-corrected chi connectivity index (χ0v) is 21.2. The van der Waals surface area contributed by atoms with Crippen LogP contribution in [0.1, 0.15) is 30.1 Å². The number of likely N-dealkylation sites (tertiary alicyclic amines) is 1. The summed E-state index contributed by atoms with van der Waals surface area (Å²) in [6.07, 6.45) is -2.99. The summed E-state index contributed by atoms with van der Waals surface area (Å²) < 4.78 is 49.1. The zero-order valence-electron chi connectivity index (χ0n) is 21.2. The van der Waals surface area contributed by atoms with E-state index in [1.54, 1.807) is 19.1 Å². The number of hydrogen-bond acceptors (Lipinski definition) is 5. The molecule has 2 amide bonds. The minimum atomic E-state index is -4.96. The van der Waals surface area contributed by atoms with Gasteiger partial charge in [-0.15, -0.1) is 13.2 Å². The maximum absolute atomic E-state index is 13.1. The first-order chi connectivity index (χ1) is 18.6. The summed E-state index contributed by atoms with van der Waals surface area (Å²) in [5.74, 6) is -1.51. The molecule has 39 heavy (non-hydrogen) atoms. The first kappa shape index (κ1) is 26.7. The molecule has 10 heteroatoms. The lowest BCUT2D eigenvalue weighted by molar-refractivity contribution is -0.274. The van der Waals surface area contributed by atoms with Crippen LogP contribution in [0, 0.1) is 0 Å². The quantitative estimate of drug-likeness (QED) is 0.403. The van der Waals surface area contributed by atoms with E-state index >= 15 is 0 Å². The lowest BCUT2D eigenvalue weighted by atomic mass is 10.0. The van der Waals surface area contributed by atoms with Crippen LogP contribution in [0.15, 0.2) is 72.8 Å². The van der Waals surface area contributed by atoms with Crippen molar-refractivity contribution >= 4 is 23.2 Å². The van der Waals surface area contributed by atoms with Gasteiger partial charge in [-0.25, -0.2) is 0 Å². The maximum atomic E-state index is 13.1. The molecule has 0 aromatic heterocycles. The van der Waals surface area contributed by atoms with Gasteiger partial charge in [-0.2, -0.15) is 0 Å². The van der Waals surface area contributed by atoms with Gasteiger partial charge in [0.05, 0.1) is 23.9 Å². The summed E-state index contributed by atoms with van der Waals surface area (Å²) in [7, 11) is 0. The molecule has 0 radical (unpaired) electrons. The first-order valence-corrected chi connectivity index (χ1v) is 12.7. The highest BCUT2D eigenvalue weighted by Crippen LogP contribution is 2.34. The number of morpholine rings is 1. The van der Waals surface area contributed by atoms with Crippen molar-refractivity contribution in [1.29, 1.82) is 0 Å². The van der Waals surface area contributed by atoms with Gasteiger partial charge in [0.25, 0.3) is 5.91 Å². The molecule has 2 fully saturated rings. The Labute approximate surface area is 223 Å². The topological polar surface area (TPSA) is 79.9 Å². The maximum Gasteiger partial charge on any atom is 0.573 e. The van der Waals surface area contributed by atoms with Crippen LogP contribution < -0.4 is 15.4 Å². The minimum absolute atomic E-state index is 0.0587. The molecule has 0 spiro atoms. The second-order valence-electron chi connectivity index (χ2n) is 9.73. The van der Waals surface area contributed by atoms with Crippen LogP contribution in [0.3, 0.4) is 0 Å². The Morgan fingerprint density at radius 2 is 1.56 bits per heavy atom. The number of benzene rings is 3. The molecule has 2 aliphatic heterocycles. The monoisotopic (exact) mass is 539 g/mol. The number of ether oxygens (including phenoxy) is 2. The van der Waals surface area contributed by atoms with Gasteiger partial charge in [0.1, 0.15) is 0 Å². The smallest absolute Gasteiger partial charge is 0.404 e. The van der Waals surface area contributed by atoms with Gasteiger partial charge < -0.3 is 20.1 Å². The van der Waals surface area contributed by atoms with Crippen molar-refractivity contribution in [1.82, 2.24) is 4.90 Å². The van der Waals surface area contributed by atoms with E-state index in [1.807, 2.05) is 47.4 Å². The third-order valence-corrected chi connectivity index (χ3v) is 6.97. The van der Waals surface area contributed by atoms with Crippen LogP contribution in [0.25, 0.3) is 11.1 Å². The summed E-state index contributed by atoms with van der Waals surface area (Å²) >= 11 is 0. The largest absolute Gasteiger partial charge is 0.573 e. The third kappa shape index (κ3) is 6.58. The summed E-state index contributed by atoms with van der Waals surface area (Å²) in [4.78, 5) is 27.9. The molecule has 2 N–H and O–H groups in total. The van der Waals surface area contributed by atoms with Gasteiger partial charge in [0.2, 0.25) is 5.91 Å². The SMILES string of the molecule is C[C@@H](C(=O)Nc1cc(NC(=O)c2ccc(-c3ccccc3)cc2)ccc1OC(F)(F)F)N1CC2CCC(C1)O2. The molecule has 7 nitrogen and oxygen atoms in total. The van der Waals surface area contributed by atoms with Crippen LogP contribution in [0.2, 0.25) is 0 Å². The number of anilines is 2. The highest BCUT2D eigenvalue weighted by Gasteiger charge is 2.37. The lowest BCUT2D eigenvalue weighted by Crippen LogP contribution is -2.51. The second-order valence-corrected chi connectivity index (χ2v) is 9.73. The van der Waals surface area contributed by atoms with E-state index in [-0.39, 0.29) is 23.6 Å². The molecule has 2 heterocycles. The number of nitrogens with one attached hydrogen (secondary N) is 2. The highest BCUT2D eigenvalue weighted by molar-refractivity contribution is 6.05. The van der Waals surface area contributed by atoms with Crippen molar-refractivity contribution in [2.45, 2.75) is 44.4 Å². The summed E-state index contributed by atoms with van der Waals surface area (Å²) in [5, 5.41) is 5.24.